The SMILES string of the molecule is N#Cc1ccc([N+](=O)[O-])c(Oc2cc(Br)ccc2Cl)c1. The van der Waals surface area contributed by atoms with E-state index in [-0.39, 0.29) is 22.7 Å². The highest BCUT2D eigenvalue weighted by Crippen LogP contribution is 2.36. The van der Waals surface area contributed by atoms with Gasteiger partial charge in [-0.05, 0) is 24.3 Å². The summed E-state index contributed by atoms with van der Waals surface area (Å²) in [6.45, 7) is 0. The molecule has 0 saturated heterocycles. The van der Waals surface area contributed by atoms with Crippen LogP contribution in [0.2, 0.25) is 5.02 Å². The van der Waals surface area contributed by atoms with Gasteiger partial charge in [-0.1, -0.05) is 27.5 Å². The summed E-state index contributed by atoms with van der Waals surface area (Å²) < 4.78 is 6.19. The third-order valence-corrected chi connectivity index (χ3v) is 3.20. The topological polar surface area (TPSA) is 76.2 Å². The van der Waals surface area contributed by atoms with Crippen molar-refractivity contribution in [1.29, 1.82) is 5.26 Å². The summed E-state index contributed by atoms with van der Waals surface area (Å²) >= 11 is 9.23. The standard InChI is InChI=1S/C13H6BrClN2O3/c14-9-2-3-10(15)12(6-9)20-13-5-8(7-16)1-4-11(13)17(18)19/h1-6H. The number of halogens is 2. The average molecular weight is 354 g/mol. The van der Waals surface area contributed by atoms with Crippen molar-refractivity contribution in [2.75, 3.05) is 0 Å². The first-order valence-corrected chi connectivity index (χ1v) is 6.50. The first-order valence-electron chi connectivity index (χ1n) is 5.32. The zero-order chi connectivity index (χ0) is 14.7. The predicted molar refractivity (Wildman–Crippen MR) is 77.0 cm³/mol. The maximum Gasteiger partial charge on any atom is 0.311 e. The predicted octanol–water partition coefficient (Wildman–Crippen LogP) is 4.67. The van der Waals surface area contributed by atoms with Gasteiger partial charge >= 0.3 is 5.69 Å². The molecule has 2 rings (SSSR count). The molecule has 0 radical (unpaired) electrons. The lowest BCUT2D eigenvalue weighted by atomic mass is 10.2. The molecule has 100 valence electrons. The van der Waals surface area contributed by atoms with Gasteiger partial charge in [0.2, 0.25) is 5.75 Å². The van der Waals surface area contributed by atoms with Crippen LogP contribution in [0.15, 0.2) is 40.9 Å². The number of hydrogen-bond acceptors (Lipinski definition) is 4. The van der Waals surface area contributed by atoms with Crippen LogP contribution >= 0.6 is 27.5 Å². The van der Waals surface area contributed by atoms with Crippen LogP contribution in [0.25, 0.3) is 0 Å². The van der Waals surface area contributed by atoms with Gasteiger partial charge in [-0.15, -0.1) is 0 Å². The summed E-state index contributed by atoms with van der Waals surface area (Å²) in [7, 11) is 0. The summed E-state index contributed by atoms with van der Waals surface area (Å²) in [5.74, 6) is 0.230. The van der Waals surface area contributed by atoms with E-state index in [0.717, 1.165) is 4.47 Å². The van der Waals surface area contributed by atoms with E-state index >= 15 is 0 Å². The van der Waals surface area contributed by atoms with E-state index in [9.17, 15) is 10.1 Å². The number of benzene rings is 2. The molecule has 0 atom stereocenters. The highest BCUT2D eigenvalue weighted by atomic mass is 79.9. The average Bonchev–Trinajstić information content (AvgIpc) is 2.42. The Bertz CT molecular complexity index is 728. The fourth-order valence-corrected chi connectivity index (χ4v) is 1.99. The van der Waals surface area contributed by atoms with Crippen LogP contribution in [0, 0.1) is 21.4 Å². The Balaban J connectivity index is 2.49. The van der Waals surface area contributed by atoms with Crippen molar-refractivity contribution in [3.8, 4) is 17.6 Å². The third-order valence-electron chi connectivity index (χ3n) is 2.40. The lowest BCUT2D eigenvalue weighted by Gasteiger charge is -2.08. The van der Waals surface area contributed by atoms with Gasteiger partial charge < -0.3 is 4.74 Å². The highest BCUT2D eigenvalue weighted by molar-refractivity contribution is 9.10. The minimum absolute atomic E-state index is 0.0333. The first-order chi connectivity index (χ1) is 9.51. The van der Waals surface area contributed by atoms with E-state index in [1.807, 2.05) is 6.07 Å². The Kier molecular flexibility index (Phi) is 4.23. The molecule has 0 aliphatic rings. The lowest BCUT2D eigenvalue weighted by Crippen LogP contribution is -1.94. The maximum atomic E-state index is 11.0. The molecule has 0 bridgehead atoms. The van der Waals surface area contributed by atoms with Crippen molar-refractivity contribution in [3.05, 3.63) is 61.6 Å². The minimum atomic E-state index is -0.581. The Morgan fingerprint density at radius 3 is 2.65 bits per heavy atom. The zero-order valence-electron chi connectivity index (χ0n) is 9.84. The van der Waals surface area contributed by atoms with E-state index < -0.39 is 4.92 Å². The zero-order valence-corrected chi connectivity index (χ0v) is 12.2. The second-order valence-corrected chi connectivity index (χ2v) is 5.05. The number of ether oxygens (including phenoxy) is 1. The van der Waals surface area contributed by atoms with Crippen molar-refractivity contribution in [2.24, 2.45) is 0 Å². The molecule has 0 spiro atoms. The maximum absolute atomic E-state index is 11.0. The van der Waals surface area contributed by atoms with Gasteiger partial charge in [0.05, 0.1) is 21.6 Å². The van der Waals surface area contributed by atoms with Crippen molar-refractivity contribution >= 4 is 33.2 Å². The summed E-state index contributed by atoms with van der Waals surface area (Å²) in [5.41, 5.74) is 0.0248. The number of nitriles is 1. The van der Waals surface area contributed by atoms with Gasteiger partial charge in [-0.3, -0.25) is 10.1 Å². The van der Waals surface area contributed by atoms with Gasteiger partial charge in [0, 0.05) is 16.6 Å². The second kappa shape index (κ2) is 5.90. The molecule has 0 aliphatic carbocycles. The van der Waals surface area contributed by atoms with E-state index in [0.29, 0.717) is 5.02 Å². The molecule has 7 heteroatoms. The van der Waals surface area contributed by atoms with Crippen LogP contribution < -0.4 is 4.74 Å². The Hall–Kier alpha value is -2.10. The molecule has 20 heavy (non-hydrogen) atoms. The fourth-order valence-electron chi connectivity index (χ4n) is 1.49. The third kappa shape index (κ3) is 3.07. The van der Waals surface area contributed by atoms with E-state index in [4.69, 9.17) is 21.6 Å². The summed E-state index contributed by atoms with van der Waals surface area (Å²) in [5, 5.41) is 20.1. The second-order valence-electron chi connectivity index (χ2n) is 3.73. The Morgan fingerprint density at radius 2 is 2.00 bits per heavy atom. The van der Waals surface area contributed by atoms with Gasteiger partial charge in [-0.25, -0.2) is 0 Å². The molecule has 0 saturated carbocycles. The number of nitro groups is 1. The molecular formula is C13H6BrClN2O3. The summed E-state index contributed by atoms with van der Waals surface area (Å²) in [6, 6.07) is 10.7. The minimum Gasteiger partial charge on any atom is -0.448 e. The van der Waals surface area contributed by atoms with Crippen LogP contribution in [-0.4, -0.2) is 4.92 Å². The van der Waals surface area contributed by atoms with E-state index in [1.165, 1.54) is 18.2 Å². The van der Waals surface area contributed by atoms with Crippen LogP contribution in [0.3, 0.4) is 0 Å². The number of nitrogens with zero attached hydrogens (tertiary/aromatic N) is 2. The van der Waals surface area contributed by atoms with Crippen molar-refractivity contribution in [1.82, 2.24) is 0 Å². The van der Waals surface area contributed by atoms with E-state index in [1.54, 1.807) is 18.2 Å². The molecular weight excluding hydrogens is 348 g/mol. The number of nitro benzene ring substituents is 1. The van der Waals surface area contributed by atoms with Crippen LogP contribution in [-0.2, 0) is 0 Å². The number of hydrogen-bond donors (Lipinski definition) is 0. The van der Waals surface area contributed by atoms with Gasteiger partial charge in [-0.2, -0.15) is 5.26 Å². The molecule has 2 aromatic carbocycles. The molecule has 5 nitrogen and oxygen atoms in total. The Labute approximate surface area is 127 Å². The molecule has 0 N–H and O–H groups in total. The lowest BCUT2D eigenvalue weighted by molar-refractivity contribution is -0.385. The van der Waals surface area contributed by atoms with Crippen molar-refractivity contribution in [2.45, 2.75) is 0 Å². The Morgan fingerprint density at radius 1 is 1.25 bits per heavy atom. The van der Waals surface area contributed by atoms with Gasteiger partial charge in [0.15, 0.2) is 0 Å². The molecule has 0 amide bonds. The van der Waals surface area contributed by atoms with Crippen LogP contribution in [0.4, 0.5) is 5.69 Å². The molecule has 2 aromatic rings. The summed E-state index contributed by atoms with van der Waals surface area (Å²) in [4.78, 5) is 10.4. The molecule has 0 unspecified atom stereocenters. The van der Waals surface area contributed by atoms with Gasteiger partial charge in [0.1, 0.15) is 5.75 Å². The van der Waals surface area contributed by atoms with Crippen molar-refractivity contribution < 1.29 is 9.66 Å². The van der Waals surface area contributed by atoms with E-state index in [2.05, 4.69) is 15.9 Å². The summed E-state index contributed by atoms with van der Waals surface area (Å²) in [6.07, 6.45) is 0. The molecule has 0 fully saturated rings. The largest absolute Gasteiger partial charge is 0.448 e. The monoisotopic (exact) mass is 352 g/mol. The highest BCUT2D eigenvalue weighted by Gasteiger charge is 2.17. The van der Waals surface area contributed by atoms with Crippen molar-refractivity contribution in [3.63, 3.8) is 0 Å². The number of rotatable bonds is 3. The normalized spacial score (nSPS) is 9.85. The smallest absolute Gasteiger partial charge is 0.311 e. The first kappa shape index (κ1) is 14.3. The van der Waals surface area contributed by atoms with Gasteiger partial charge in [0.25, 0.3) is 0 Å². The molecule has 0 heterocycles. The fraction of sp³-hybridized carbons (Fsp3) is 0. The molecule has 0 aromatic heterocycles. The van der Waals surface area contributed by atoms with Crippen LogP contribution in [0.5, 0.6) is 11.5 Å². The molecule has 0 aliphatic heterocycles. The quantitative estimate of drug-likeness (QED) is 0.593. The van der Waals surface area contributed by atoms with Crippen LogP contribution in [0.1, 0.15) is 5.56 Å².